The number of nitrogens with zero attached hydrogens (tertiary/aromatic N) is 2. The summed E-state index contributed by atoms with van der Waals surface area (Å²) in [6, 6.07) is 14.1. The lowest BCUT2D eigenvalue weighted by Gasteiger charge is -2.21. The minimum atomic E-state index is -4.80. The Balaban J connectivity index is 1.49. The number of likely N-dealkylation sites (tertiary alicyclic amines) is 1. The fourth-order valence-corrected chi connectivity index (χ4v) is 3.44. The zero-order chi connectivity index (χ0) is 23.3. The number of likely N-dealkylation sites (N-methyl/N-ethyl adjacent to an activating group) is 1. The summed E-state index contributed by atoms with van der Waals surface area (Å²) < 4.78 is 40.4. The number of carbonyl (C=O) groups is 3. The van der Waals surface area contributed by atoms with Crippen LogP contribution in [0.4, 0.5) is 18.9 Å². The number of rotatable bonds is 7. The molecule has 7 nitrogen and oxygen atoms in total. The van der Waals surface area contributed by atoms with E-state index in [0.717, 1.165) is 17.7 Å². The molecule has 1 unspecified atom stereocenters. The highest BCUT2D eigenvalue weighted by Gasteiger charge is 2.36. The van der Waals surface area contributed by atoms with E-state index in [-0.39, 0.29) is 37.0 Å². The minimum absolute atomic E-state index is 0.0816. The van der Waals surface area contributed by atoms with Crippen LogP contribution in [0.15, 0.2) is 54.6 Å². The van der Waals surface area contributed by atoms with E-state index in [4.69, 9.17) is 0 Å². The van der Waals surface area contributed by atoms with Crippen LogP contribution in [-0.2, 0) is 20.9 Å². The normalized spacial score (nSPS) is 16.1. The van der Waals surface area contributed by atoms with Crippen LogP contribution in [0.2, 0.25) is 0 Å². The molecule has 3 amide bonds. The third-order valence-electron chi connectivity index (χ3n) is 4.91. The Hall–Kier alpha value is -3.56. The van der Waals surface area contributed by atoms with Gasteiger partial charge in [0.1, 0.15) is 5.75 Å². The lowest BCUT2D eigenvalue weighted by molar-refractivity contribution is -0.274. The molecular weight excluding hydrogens is 427 g/mol. The van der Waals surface area contributed by atoms with E-state index in [1.807, 2.05) is 30.3 Å². The van der Waals surface area contributed by atoms with E-state index in [0.29, 0.717) is 6.54 Å². The SMILES string of the molecule is CN(CC(=O)Nc1ccc(OC(F)(F)F)cc1)C(=O)C1CC(=O)N(Cc2ccccc2)C1. The summed E-state index contributed by atoms with van der Waals surface area (Å²) in [6.45, 7) is 0.434. The number of nitrogens with one attached hydrogen (secondary N) is 1. The molecule has 0 radical (unpaired) electrons. The lowest BCUT2D eigenvalue weighted by atomic mass is 10.1. The van der Waals surface area contributed by atoms with Gasteiger partial charge in [0.05, 0.1) is 12.5 Å². The molecule has 1 aliphatic rings. The topological polar surface area (TPSA) is 79.0 Å². The Morgan fingerprint density at radius 2 is 1.78 bits per heavy atom. The molecule has 0 aliphatic carbocycles. The van der Waals surface area contributed by atoms with Crippen LogP contribution in [0.3, 0.4) is 0 Å². The number of carbonyl (C=O) groups excluding carboxylic acids is 3. The van der Waals surface area contributed by atoms with Crippen molar-refractivity contribution in [3.8, 4) is 5.75 Å². The molecule has 1 atom stereocenters. The first-order valence-corrected chi connectivity index (χ1v) is 9.83. The van der Waals surface area contributed by atoms with Crippen molar-refractivity contribution in [2.75, 3.05) is 25.5 Å². The van der Waals surface area contributed by atoms with Gasteiger partial charge in [-0.15, -0.1) is 13.2 Å². The second-order valence-corrected chi connectivity index (χ2v) is 7.48. The smallest absolute Gasteiger partial charge is 0.406 e. The number of alkyl halides is 3. The van der Waals surface area contributed by atoms with E-state index < -0.39 is 23.9 Å². The van der Waals surface area contributed by atoms with Crippen LogP contribution >= 0.6 is 0 Å². The summed E-state index contributed by atoms with van der Waals surface area (Å²) in [5.74, 6) is -1.91. The first-order valence-electron chi connectivity index (χ1n) is 9.83. The van der Waals surface area contributed by atoms with Gasteiger partial charge in [0.2, 0.25) is 17.7 Å². The molecule has 0 aromatic heterocycles. The summed E-state index contributed by atoms with van der Waals surface area (Å²) >= 11 is 0. The third-order valence-corrected chi connectivity index (χ3v) is 4.91. The van der Waals surface area contributed by atoms with Crippen LogP contribution < -0.4 is 10.1 Å². The molecule has 1 aliphatic heterocycles. The lowest BCUT2D eigenvalue weighted by Crippen LogP contribution is -2.39. The van der Waals surface area contributed by atoms with Crippen molar-refractivity contribution in [1.29, 1.82) is 0 Å². The molecule has 0 spiro atoms. The molecule has 3 rings (SSSR count). The van der Waals surface area contributed by atoms with Crippen LogP contribution in [-0.4, -0.2) is 54.0 Å². The fourth-order valence-electron chi connectivity index (χ4n) is 3.44. The molecule has 2 aromatic rings. The number of benzene rings is 2. The van der Waals surface area contributed by atoms with Gasteiger partial charge >= 0.3 is 6.36 Å². The second kappa shape index (κ2) is 9.71. The molecule has 1 heterocycles. The predicted octanol–water partition coefficient (Wildman–Crippen LogP) is 3.03. The number of anilines is 1. The van der Waals surface area contributed by atoms with E-state index >= 15 is 0 Å². The molecule has 32 heavy (non-hydrogen) atoms. The highest BCUT2D eigenvalue weighted by Crippen LogP contribution is 2.24. The Labute approximate surface area is 182 Å². The number of hydrogen-bond donors (Lipinski definition) is 1. The van der Waals surface area contributed by atoms with Gasteiger partial charge in [-0.3, -0.25) is 14.4 Å². The summed E-state index contributed by atoms with van der Waals surface area (Å²) in [5, 5.41) is 2.51. The molecule has 0 saturated carbocycles. The number of halogens is 3. The highest BCUT2D eigenvalue weighted by molar-refractivity contribution is 5.96. The first-order chi connectivity index (χ1) is 15.1. The first kappa shape index (κ1) is 23.1. The zero-order valence-electron chi connectivity index (χ0n) is 17.3. The number of hydrogen-bond acceptors (Lipinski definition) is 4. The van der Waals surface area contributed by atoms with Crippen LogP contribution in [0.5, 0.6) is 5.75 Å². The van der Waals surface area contributed by atoms with Gasteiger partial charge in [-0.25, -0.2) is 0 Å². The Morgan fingerprint density at radius 1 is 1.12 bits per heavy atom. The highest BCUT2D eigenvalue weighted by atomic mass is 19.4. The van der Waals surface area contributed by atoms with Crippen molar-refractivity contribution in [2.45, 2.75) is 19.3 Å². The summed E-state index contributed by atoms with van der Waals surface area (Å²) in [7, 11) is 1.46. The average molecular weight is 449 g/mol. The third kappa shape index (κ3) is 6.47. The molecule has 170 valence electrons. The monoisotopic (exact) mass is 449 g/mol. The molecule has 1 fully saturated rings. The molecule has 10 heteroatoms. The van der Waals surface area contributed by atoms with E-state index in [2.05, 4.69) is 10.1 Å². The van der Waals surface area contributed by atoms with Crippen molar-refractivity contribution in [1.82, 2.24) is 9.80 Å². The second-order valence-electron chi connectivity index (χ2n) is 7.48. The maximum absolute atomic E-state index is 12.7. The molecular formula is C22H22F3N3O4. The van der Waals surface area contributed by atoms with Crippen LogP contribution in [0.1, 0.15) is 12.0 Å². The van der Waals surface area contributed by atoms with E-state index in [1.54, 1.807) is 4.90 Å². The zero-order valence-corrected chi connectivity index (χ0v) is 17.3. The molecule has 2 aromatic carbocycles. The summed E-state index contributed by atoms with van der Waals surface area (Å²) in [5.41, 5.74) is 1.23. The predicted molar refractivity (Wildman–Crippen MR) is 109 cm³/mol. The quantitative estimate of drug-likeness (QED) is 0.705. The van der Waals surface area contributed by atoms with Gasteiger partial charge in [-0.1, -0.05) is 30.3 Å². The van der Waals surface area contributed by atoms with Gasteiger partial charge in [0.15, 0.2) is 0 Å². The van der Waals surface area contributed by atoms with Crippen LogP contribution in [0.25, 0.3) is 0 Å². The van der Waals surface area contributed by atoms with Crippen molar-refractivity contribution in [3.63, 3.8) is 0 Å². The van der Waals surface area contributed by atoms with Gasteiger partial charge in [0.25, 0.3) is 0 Å². The van der Waals surface area contributed by atoms with E-state index in [1.165, 1.54) is 24.1 Å². The summed E-state index contributed by atoms with van der Waals surface area (Å²) in [4.78, 5) is 40.1. The minimum Gasteiger partial charge on any atom is -0.406 e. The van der Waals surface area contributed by atoms with E-state index in [9.17, 15) is 27.6 Å². The summed E-state index contributed by atoms with van der Waals surface area (Å²) in [6.07, 6.45) is -4.72. The Bertz CT molecular complexity index is 965. The maximum atomic E-state index is 12.7. The number of amides is 3. The van der Waals surface area contributed by atoms with Crippen LogP contribution in [0, 0.1) is 5.92 Å². The largest absolute Gasteiger partial charge is 0.573 e. The van der Waals surface area contributed by atoms with Gasteiger partial charge in [-0.2, -0.15) is 0 Å². The van der Waals surface area contributed by atoms with Gasteiger partial charge in [0, 0.05) is 32.2 Å². The fraction of sp³-hybridized carbons (Fsp3) is 0.318. The van der Waals surface area contributed by atoms with Crippen molar-refractivity contribution in [2.24, 2.45) is 5.92 Å². The average Bonchev–Trinajstić information content (AvgIpc) is 3.08. The maximum Gasteiger partial charge on any atom is 0.573 e. The van der Waals surface area contributed by atoms with Gasteiger partial charge in [-0.05, 0) is 29.8 Å². The van der Waals surface area contributed by atoms with Gasteiger partial charge < -0.3 is 19.9 Å². The van der Waals surface area contributed by atoms with Crippen molar-refractivity contribution < 1.29 is 32.3 Å². The van der Waals surface area contributed by atoms with Crippen molar-refractivity contribution in [3.05, 3.63) is 60.2 Å². The molecule has 0 bridgehead atoms. The Kier molecular flexibility index (Phi) is 7.01. The molecule has 1 N–H and O–H groups in total. The van der Waals surface area contributed by atoms with Crippen molar-refractivity contribution >= 4 is 23.4 Å². The Morgan fingerprint density at radius 3 is 2.41 bits per heavy atom. The number of ether oxygens (including phenoxy) is 1. The molecule has 1 saturated heterocycles. The standard InChI is InChI=1S/C22H22F3N3O4/c1-27(14-19(29)26-17-7-9-18(10-8-17)32-22(23,24)25)21(31)16-11-20(30)28(13-16)12-15-5-3-2-4-6-15/h2-10,16H,11-14H2,1H3,(H,26,29).